The molecule has 0 aliphatic heterocycles. The minimum atomic E-state index is -3.27. The number of nitrogens with zero attached hydrogens (tertiary/aromatic N) is 1. The zero-order valence-corrected chi connectivity index (χ0v) is 14.7. The molecule has 1 aromatic carbocycles. The van der Waals surface area contributed by atoms with Crippen molar-refractivity contribution >= 4 is 15.7 Å². The lowest BCUT2D eigenvalue weighted by atomic mass is 10.1. The molecule has 1 aromatic heterocycles. The predicted octanol–water partition coefficient (Wildman–Crippen LogP) is 2.77. The number of hydrogen-bond donors (Lipinski definition) is 2. The van der Waals surface area contributed by atoms with E-state index in [0.717, 1.165) is 35.3 Å². The molecule has 2 aromatic rings. The summed E-state index contributed by atoms with van der Waals surface area (Å²) in [4.78, 5) is 0. The average Bonchev–Trinajstić information content (AvgIpc) is 2.83. The van der Waals surface area contributed by atoms with Crippen molar-refractivity contribution in [3.8, 4) is 0 Å². The molecule has 0 saturated heterocycles. The average molecular weight is 337 g/mol. The molecule has 6 nitrogen and oxygen atoms in total. The van der Waals surface area contributed by atoms with Crippen LogP contribution in [0.4, 0.5) is 5.69 Å². The van der Waals surface area contributed by atoms with E-state index in [1.165, 1.54) is 0 Å². The van der Waals surface area contributed by atoms with Crippen molar-refractivity contribution in [1.29, 1.82) is 0 Å². The molecule has 0 spiro atoms. The van der Waals surface area contributed by atoms with Crippen molar-refractivity contribution in [2.24, 2.45) is 0 Å². The third kappa shape index (κ3) is 4.80. The molecule has 2 N–H and O–H groups in total. The molecular formula is C16H23N3O3S. The highest BCUT2D eigenvalue weighted by molar-refractivity contribution is 7.92. The molecule has 0 aliphatic rings. The van der Waals surface area contributed by atoms with Crippen LogP contribution in [0, 0.1) is 6.92 Å². The van der Waals surface area contributed by atoms with Crippen LogP contribution in [0.1, 0.15) is 42.5 Å². The number of anilines is 1. The second-order valence-electron chi connectivity index (χ2n) is 5.62. The zero-order chi connectivity index (χ0) is 17.0. The number of sulfonamides is 1. The van der Waals surface area contributed by atoms with Crippen LogP contribution in [0.15, 0.2) is 28.8 Å². The summed E-state index contributed by atoms with van der Waals surface area (Å²) in [5.74, 6) is 0.828. The summed E-state index contributed by atoms with van der Waals surface area (Å²) in [6.45, 7) is 6.65. The Morgan fingerprint density at radius 1 is 1.35 bits per heavy atom. The van der Waals surface area contributed by atoms with Gasteiger partial charge in [-0.25, -0.2) is 8.42 Å². The Hall–Kier alpha value is -1.86. The molecule has 0 radical (unpaired) electrons. The van der Waals surface area contributed by atoms with Crippen molar-refractivity contribution in [1.82, 2.24) is 10.5 Å². The molecule has 1 heterocycles. The van der Waals surface area contributed by atoms with Gasteiger partial charge in [-0.15, -0.1) is 0 Å². The Bertz CT molecular complexity index is 769. The van der Waals surface area contributed by atoms with E-state index >= 15 is 0 Å². The molecule has 0 aliphatic carbocycles. The highest BCUT2D eigenvalue weighted by Gasteiger charge is 2.13. The third-order valence-electron chi connectivity index (χ3n) is 3.68. The molecule has 0 bridgehead atoms. The minimum absolute atomic E-state index is 0.0651. The van der Waals surface area contributed by atoms with Crippen molar-refractivity contribution < 1.29 is 12.9 Å². The molecule has 126 valence electrons. The standard InChI is InChI=1S/C16H23N3O3S/c1-5-16-15(12(3)22-18-16)10-17-11(2)13-7-6-8-14(9-13)19-23(4,20)21/h6-9,11,17,19H,5,10H2,1-4H3/t11-/m0/s1. The molecule has 0 saturated carbocycles. The van der Waals surface area contributed by atoms with Gasteiger partial charge >= 0.3 is 0 Å². The van der Waals surface area contributed by atoms with Crippen LogP contribution in [0.2, 0.25) is 0 Å². The number of aryl methyl sites for hydroxylation is 2. The van der Waals surface area contributed by atoms with Gasteiger partial charge in [0.1, 0.15) is 5.76 Å². The van der Waals surface area contributed by atoms with Crippen LogP contribution in [-0.4, -0.2) is 19.8 Å². The number of benzene rings is 1. The van der Waals surface area contributed by atoms with Gasteiger partial charge in [0, 0.05) is 23.8 Å². The van der Waals surface area contributed by atoms with Gasteiger partial charge in [-0.05, 0) is 38.0 Å². The van der Waals surface area contributed by atoms with Gasteiger partial charge < -0.3 is 9.84 Å². The molecule has 7 heteroatoms. The zero-order valence-electron chi connectivity index (χ0n) is 13.9. The highest BCUT2D eigenvalue weighted by atomic mass is 32.2. The van der Waals surface area contributed by atoms with Crippen molar-refractivity contribution in [3.63, 3.8) is 0 Å². The van der Waals surface area contributed by atoms with Crippen LogP contribution in [-0.2, 0) is 23.0 Å². The van der Waals surface area contributed by atoms with E-state index < -0.39 is 10.0 Å². The van der Waals surface area contributed by atoms with E-state index in [4.69, 9.17) is 4.52 Å². The lowest BCUT2D eigenvalue weighted by Crippen LogP contribution is -2.19. The third-order valence-corrected chi connectivity index (χ3v) is 4.28. The predicted molar refractivity (Wildman–Crippen MR) is 90.8 cm³/mol. The topological polar surface area (TPSA) is 84.2 Å². The van der Waals surface area contributed by atoms with Crippen molar-refractivity contribution in [2.75, 3.05) is 11.0 Å². The Morgan fingerprint density at radius 2 is 2.09 bits per heavy atom. The summed E-state index contributed by atoms with van der Waals surface area (Å²) in [5, 5.41) is 7.48. The Balaban J connectivity index is 2.07. The second kappa shape index (κ2) is 7.14. The Labute approximate surface area is 137 Å². The van der Waals surface area contributed by atoms with E-state index in [0.29, 0.717) is 12.2 Å². The van der Waals surface area contributed by atoms with Crippen LogP contribution < -0.4 is 10.0 Å². The lowest BCUT2D eigenvalue weighted by molar-refractivity contribution is 0.389. The fourth-order valence-corrected chi connectivity index (χ4v) is 2.96. The number of hydrogen-bond acceptors (Lipinski definition) is 5. The Kier molecular flexibility index (Phi) is 5.43. The van der Waals surface area contributed by atoms with Gasteiger partial charge in [0.25, 0.3) is 0 Å². The Morgan fingerprint density at radius 3 is 2.74 bits per heavy atom. The second-order valence-corrected chi connectivity index (χ2v) is 7.37. The minimum Gasteiger partial charge on any atom is -0.361 e. The van der Waals surface area contributed by atoms with Crippen LogP contribution in [0.25, 0.3) is 0 Å². The normalized spacial score (nSPS) is 13.0. The van der Waals surface area contributed by atoms with E-state index in [9.17, 15) is 8.42 Å². The van der Waals surface area contributed by atoms with Crippen molar-refractivity contribution in [3.05, 3.63) is 46.8 Å². The fraction of sp³-hybridized carbons (Fsp3) is 0.438. The quantitative estimate of drug-likeness (QED) is 0.811. The molecule has 0 amide bonds. The molecular weight excluding hydrogens is 314 g/mol. The van der Waals surface area contributed by atoms with Crippen molar-refractivity contribution in [2.45, 2.75) is 39.8 Å². The van der Waals surface area contributed by atoms with Gasteiger partial charge in [0.15, 0.2) is 0 Å². The first kappa shape index (κ1) is 17.5. The van der Waals surface area contributed by atoms with Gasteiger partial charge in [-0.2, -0.15) is 0 Å². The summed E-state index contributed by atoms with van der Waals surface area (Å²) in [6, 6.07) is 7.43. The lowest BCUT2D eigenvalue weighted by Gasteiger charge is -2.15. The maximum Gasteiger partial charge on any atom is 0.229 e. The van der Waals surface area contributed by atoms with Gasteiger partial charge in [0.05, 0.1) is 11.9 Å². The summed E-state index contributed by atoms with van der Waals surface area (Å²) in [5.41, 5.74) is 3.62. The first-order valence-electron chi connectivity index (χ1n) is 7.55. The number of rotatable bonds is 7. The highest BCUT2D eigenvalue weighted by Crippen LogP contribution is 2.20. The largest absolute Gasteiger partial charge is 0.361 e. The molecule has 0 fully saturated rings. The van der Waals surface area contributed by atoms with Crippen LogP contribution >= 0.6 is 0 Å². The van der Waals surface area contributed by atoms with E-state index in [1.54, 1.807) is 6.07 Å². The SMILES string of the molecule is CCc1noc(C)c1CN[C@@H](C)c1cccc(NS(C)(=O)=O)c1. The molecule has 1 atom stereocenters. The fourth-order valence-electron chi connectivity index (χ4n) is 2.40. The molecule has 23 heavy (non-hydrogen) atoms. The molecule has 0 unspecified atom stereocenters. The monoisotopic (exact) mass is 337 g/mol. The maximum absolute atomic E-state index is 11.3. The van der Waals surface area contributed by atoms with Gasteiger partial charge in [-0.3, -0.25) is 4.72 Å². The molecule has 2 rings (SSSR count). The number of aromatic nitrogens is 1. The van der Waals surface area contributed by atoms with Crippen LogP contribution in [0.5, 0.6) is 0 Å². The van der Waals surface area contributed by atoms with Crippen LogP contribution in [0.3, 0.4) is 0 Å². The number of nitrogens with one attached hydrogen (secondary N) is 2. The van der Waals surface area contributed by atoms with Gasteiger partial charge in [-0.1, -0.05) is 24.2 Å². The van der Waals surface area contributed by atoms with E-state index in [2.05, 4.69) is 15.2 Å². The smallest absolute Gasteiger partial charge is 0.229 e. The summed E-state index contributed by atoms with van der Waals surface area (Å²) >= 11 is 0. The van der Waals surface area contributed by atoms with E-state index in [-0.39, 0.29) is 6.04 Å². The first-order valence-corrected chi connectivity index (χ1v) is 9.44. The van der Waals surface area contributed by atoms with Gasteiger partial charge in [0.2, 0.25) is 10.0 Å². The summed E-state index contributed by atoms with van der Waals surface area (Å²) in [7, 11) is -3.27. The first-order chi connectivity index (χ1) is 10.8. The summed E-state index contributed by atoms with van der Waals surface area (Å²) in [6.07, 6.45) is 1.97. The maximum atomic E-state index is 11.3. The summed E-state index contributed by atoms with van der Waals surface area (Å²) < 4.78 is 30.4. The van der Waals surface area contributed by atoms with E-state index in [1.807, 2.05) is 39.0 Å².